The fourth-order valence-corrected chi connectivity index (χ4v) is 3.26. The number of amides is 2. The van der Waals surface area contributed by atoms with Crippen molar-refractivity contribution in [3.8, 4) is 0 Å². The number of nitrogens with one attached hydrogen (secondary N) is 2. The average molecular weight is 404 g/mol. The number of carbonyl (C=O) groups is 2. The van der Waals surface area contributed by atoms with Crippen molar-refractivity contribution < 1.29 is 18.4 Å². The van der Waals surface area contributed by atoms with Crippen molar-refractivity contribution >= 4 is 40.3 Å². The summed E-state index contributed by atoms with van der Waals surface area (Å²) in [6.07, 6.45) is -0.812. The van der Waals surface area contributed by atoms with Gasteiger partial charge in [0.25, 0.3) is 12.3 Å². The molecule has 0 fully saturated rings. The van der Waals surface area contributed by atoms with Crippen molar-refractivity contribution in [1.29, 1.82) is 0 Å². The van der Waals surface area contributed by atoms with Crippen molar-refractivity contribution in [2.45, 2.75) is 11.3 Å². The molecule has 0 saturated heterocycles. The Morgan fingerprint density at radius 3 is 2.71 bits per heavy atom. The number of benzene rings is 2. The number of aromatic nitrogens is 2. The molecule has 2 amide bonds. The summed E-state index contributed by atoms with van der Waals surface area (Å²) in [5.74, 6) is -1.18. The van der Waals surface area contributed by atoms with Gasteiger partial charge in [-0.1, -0.05) is 12.1 Å². The highest BCUT2D eigenvalue weighted by atomic mass is 32.2. The van der Waals surface area contributed by atoms with Gasteiger partial charge in [-0.3, -0.25) is 9.59 Å². The molecule has 2 N–H and O–H groups in total. The van der Waals surface area contributed by atoms with Crippen LogP contribution < -0.4 is 5.32 Å². The zero-order chi connectivity index (χ0) is 20.3. The number of hydrogen-bond acceptors (Lipinski definition) is 4. The average Bonchev–Trinajstić information content (AvgIpc) is 3.11. The van der Waals surface area contributed by atoms with Crippen LogP contribution in [0.4, 0.5) is 14.5 Å². The number of alkyl halides is 2. The zero-order valence-electron chi connectivity index (χ0n) is 15.2. The third kappa shape index (κ3) is 4.30. The van der Waals surface area contributed by atoms with Crippen LogP contribution in [-0.2, 0) is 4.79 Å². The highest BCUT2D eigenvalue weighted by Crippen LogP contribution is 2.24. The predicted octanol–water partition coefficient (Wildman–Crippen LogP) is 3.93. The van der Waals surface area contributed by atoms with Crippen LogP contribution in [0.2, 0.25) is 0 Å². The predicted molar refractivity (Wildman–Crippen MR) is 105 cm³/mol. The number of fused-ring (bicyclic) bond motifs is 1. The molecule has 0 atom stereocenters. The molecule has 3 rings (SSSR count). The second kappa shape index (κ2) is 8.39. The summed E-state index contributed by atoms with van der Waals surface area (Å²) in [6, 6.07) is 11.8. The van der Waals surface area contributed by atoms with Crippen molar-refractivity contribution in [2.75, 3.05) is 25.2 Å². The topological polar surface area (TPSA) is 78.1 Å². The van der Waals surface area contributed by atoms with E-state index in [2.05, 4.69) is 15.3 Å². The number of anilines is 1. The third-order valence-electron chi connectivity index (χ3n) is 4.06. The zero-order valence-corrected chi connectivity index (χ0v) is 16.0. The maximum absolute atomic E-state index is 12.8. The van der Waals surface area contributed by atoms with E-state index in [1.165, 1.54) is 41.9 Å². The molecule has 0 spiro atoms. The van der Waals surface area contributed by atoms with Gasteiger partial charge in [0.15, 0.2) is 5.82 Å². The summed E-state index contributed by atoms with van der Waals surface area (Å²) in [4.78, 5) is 33.4. The van der Waals surface area contributed by atoms with Crippen LogP contribution in [0.5, 0.6) is 0 Å². The Morgan fingerprint density at radius 2 is 2.00 bits per heavy atom. The van der Waals surface area contributed by atoms with Crippen molar-refractivity contribution in [3.05, 3.63) is 53.9 Å². The Morgan fingerprint density at radius 1 is 1.25 bits per heavy atom. The van der Waals surface area contributed by atoms with Crippen LogP contribution >= 0.6 is 11.8 Å². The molecule has 1 aromatic heterocycles. The lowest BCUT2D eigenvalue weighted by Crippen LogP contribution is -2.35. The van der Waals surface area contributed by atoms with E-state index in [4.69, 9.17) is 0 Å². The largest absolute Gasteiger partial charge is 0.337 e. The van der Waals surface area contributed by atoms with Gasteiger partial charge in [-0.05, 0) is 36.6 Å². The van der Waals surface area contributed by atoms with Crippen LogP contribution in [0.25, 0.3) is 11.0 Å². The fourth-order valence-electron chi connectivity index (χ4n) is 2.71. The highest BCUT2D eigenvalue weighted by molar-refractivity contribution is 7.98. The molecule has 1 heterocycles. The molecule has 0 aliphatic rings. The quantitative estimate of drug-likeness (QED) is 0.610. The molecule has 9 heteroatoms. The number of carbonyl (C=O) groups excluding carboxylic acids is 2. The number of rotatable bonds is 6. The number of imidazole rings is 1. The van der Waals surface area contributed by atoms with Crippen LogP contribution in [-0.4, -0.2) is 46.5 Å². The van der Waals surface area contributed by atoms with Crippen LogP contribution in [0, 0.1) is 0 Å². The second-order valence-electron chi connectivity index (χ2n) is 6.06. The normalized spacial score (nSPS) is 11.0. The molecule has 0 saturated carbocycles. The monoisotopic (exact) mass is 404 g/mol. The number of thioether (sulfide) groups is 1. The summed E-state index contributed by atoms with van der Waals surface area (Å²) in [5, 5.41) is 2.79. The van der Waals surface area contributed by atoms with Crippen molar-refractivity contribution in [2.24, 2.45) is 0 Å². The minimum atomic E-state index is -2.72. The van der Waals surface area contributed by atoms with Gasteiger partial charge in [0, 0.05) is 17.5 Å². The van der Waals surface area contributed by atoms with E-state index in [1.807, 2.05) is 24.5 Å². The number of H-pyrrole nitrogens is 1. The Kier molecular flexibility index (Phi) is 5.93. The molecule has 28 heavy (non-hydrogen) atoms. The van der Waals surface area contributed by atoms with Gasteiger partial charge in [0.2, 0.25) is 5.91 Å². The summed E-state index contributed by atoms with van der Waals surface area (Å²) in [5.41, 5.74) is 1.64. The van der Waals surface area contributed by atoms with E-state index in [0.29, 0.717) is 16.7 Å². The fraction of sp³-hybridized carbons (Fsp3) is 0.211. The molecule has 3 aromatic rings. The van der Waals surface area contributed by atoms with Gasteiger partial charge >= 0.3 is 0 Å². The molecule has 0 radical (unpaired) electrons. The lowest BCUT2D eigenvalue weighted by Gasteiger charge is -2.17. The first-order valence-corrected chi connectivity index (χ1v) is 9.57. The third-order valence-corrected chi connectivity index (χ3v) is 4.86. The number of nitrogens with zero attached hydrogens (tertiary/aromatic N) is 2. The van der Waals surface area contributed by atoms with Crippen LogP contribution in [0.1, 0.15) is 22.6 Å². The standard InChI is InChI=1S/C19H18F2N4O2S/c1-25(10-16(26)22-13-5-3-4-6-15(13)28-2)19(27)11-7-8-12-14(9-11)24-18(23-12)17(20)21/h3-9,17H,10H2,1-2H3,(H,22,26)(H,23,24). The Bertz CT molecular complexity index is 1020. The molecule has 0 bridgehead atoms. The smallest absolute Gasteiger partial charge is 0.295 e. The maximum atomic E-state index is 12.8. The molecule has 6 nitrogen and oxygen atoms in total. The number of likely N-dealkylation sites (N-methyl/N-ethyl adjacent to an activating group) is 1. The lowest BCUT2D eigenvalue weighted by atomic mass is 10.2. The van der Waals surface area contributed by atoms with Gasteiger partial charge in [0.05, 0.1) is 23.3 Å². The first kappa shape index (κ1) is 19.8. The first-order chi connectivity index (χ1) is 13.4. The van der Waals surface area contributed by atoms with E-state index < -0.39 is 18.2 Å². The molecular formula is C19H18F2N4O2S. The Balaban J connectivity index is 1.70. The summed E-state index contributed by atoms with van der Waals surface area (Å²) >= 11 is 1.51. The number of halogens is 2. The van der Waals surface area contributed by atoms with Crippen LogP contribution in [0.15, 0.2) is 47.4 Å². The number of para-hydroxylation sites is 1. The van der Waals surface area contributed by atoms with Gasteiger partial charge in [0.1, 0.15) is 0 Å². The lowest BCUT2D eigenvalue weighted by molar-refractivity contribution is -0.116. The minimum absolute atomic E-state index is 0.148. The molecule has 146 valence electrons. The summed E-state index contributed by atoms with van der Waals surface area (Å²) in [7, 11) is 1.50. The van der Waals surface area contributed by atoms with E-state index >= 15 is 0 Å². The minimum Gasteiger partial charge on any atom is -0.337 e. The van der Waals surface area contributed by atoms with Gasteiger partial charge in [-0.15, -0.1) is 11.8 Å². The molecule has 2 aromatic carbocycles. The summed E-state index contributed by atoms with van der Waals surface area (Å²) < 4.78 is 25.5. The summed E-state index contributed by atoms with van der Waals surface area (Å²) in [6.45, 7) is -0.148. The number of aromatic amines is 1. The molecular weight excluding hydrogens is 386 g/mol. The SMILES string of the molecule is CSc1ccccc1NC(=O)CN(C)C(=O)c1ccc2nc(C(F)F)[nH]c2c1. The first-order valence-electron chi connectivity index (χ1n) is 8.35. The Labute approximate surface area is 164 Å². The van der Waals surface area contributed by atoms with Gasteiger partial charge in [-0.2, -0.15) is 0 Å². The van der Waals surface area contributed by atoms with Crippen molar-refractivity contribution in [1.82, 2.24) is 14.9 Å². The number of hydrogen-bond donors (Lipinski definition) is 2. The molecule has 0 aliphatic heterocycles. The van der Waals surface area contributed by atoms with Crippen molar-refractivity contribution in [3.63, 3.8) is 0 Å². The van der Waals surface area contributed by atoms with Gasteiger partial charge < -0.3 is 15.2 Å². The molecule has 0 unspecified atom stereocenters. The van der Waals surface area contributed by atoms with E-state index in [1.54, 1.807) is 6.07 Å². The highest BCUT2D eigenvalue weighted by Gasteiger charge is 2.18. The van der Waals surface area contributed by atoms with Crippen LogP contribution in [0.3, 0.4) is 0 Å². The maximum Gasteiger partial charge on any atom is 0.295 e. The Hall–Kier alpha value is -2.94. The van der Waals surface area contributed by atoms with E-state index in [0.717, 1.165) is 4.90 Å². The van der Waals surface area contributed by atoms with E-state index in [-0.39, 0.29) is 18.0 Å². The van der Waals surface area contributed by atoms with Gasteiger partial charge in [-0.25, -0.2) is 13.8 Å². The molecule has 0 aliphatic carbocycles. The van der Waals surface area contributed by atoms with E-state index in [9.17, 15) is 18.4 Å². The second-order valence-corrected chi connectivity index (χ2v) is 6.91.